The summed E-state index contributed by atoms with van der Waals surface area (Å²) in [4.78, 5) is 11.8. The van der Waals surface area contributed by atoms with Gasteiger partial charge < -0.3 is 14.0 Å². The average Bonchev–Trinajstić information content (AvgIpc) is 2.58. The van der Waals surface area contributed by atoms with Crippen LogP contribution >= 0.6 is 0 Å². The number of ether oxygens (including phenoxy) is 1. The van der Waals surface area contributed by atoms with E-state index in [2.05, 4.69) is 6.92 Å². The number of carbonyl (C=O) groups is 1. The van der Waals surface area contributed by atoms with Crippen LogP contribution in [0, 0.1) is 0 Å². The predicted octanol–water partition coefficient (Wildman–Crippen LogP) is 3.98. The summed E-state index contributed by atoms with van der Waals surface area (Å²) in [7, 11) is -0.323. The lowest BCUT2D eigenvalue weighted by atomic mass is 9.67. The van der Waals surface area contributed by atoms with Gasteiger partial charge in [0.15, 0.2) is 0 Å². The first-order valence-corrected chi connectivity index (χ1v) is 8.24. The van der Waals surface area contributed by atoms with Gasteiger partial charge in [0.1, 0.15) is 0 Å². The molecule has 0 spiro atoms. The van der Waals surface area contributed by atoms with Gasteiger partial charge in [-0.05, 0) is 34.6 Å². The second-order valence-electron chi connectivity index (χ2n) is 6.89. The third-order valence-corrected chi connectivity index (χ3v) is 4.57. The lowest BCUT2D eigenvalue weighted by Crippen LogP contribution is -2.41. The van der Waals surface area contributed by atoms with Gasteiger partial charge in [-0.25, -0.2) is 0 Å². The summed E-state index contributed by atoms with van der Waals surface area (Å²) in [6.07, 6.45) is 4.72. The molecule has 5 heteroatoms. The van der Waals surface area contributed by atoms with Crippen LogP contribution in [0.2, 0.25) is 5.82 Å². The molecule has 0 aromatic carbocycles. The molecule has 1 heterocycles. The smallest absolute Gasteiger partial charge is 0.461 e. The summed E-state index contributed by atoms with van der Waals surface area (Å²) in [5.41, 5.74) is -0.704. The monoisotopic (exact) mass is 298 g/mol. The van der Waals surface area contributed by atoms with Gasteiger partial charge in [0.2, 0.25) is 0 Å². The van der Waals surface area contributed by atoms with Gasteiger partial charge in [0.05, 0.1) is 17.8 Å². The summed E-state index contributed by atoms with van der Waals surface area (Å²) in [5, 5.41) is 0. The van der Waals surface area contributed by atoms with Crippen LogP contribution in [0.25, 0.3) is 0 Å². The van der Waals surface area contributed by atoms with E-state index in [0.29, 0.717) is 13.0 Å². The molecule has 1 atom stereocenters. The Hall–Kier alpha value is -0.545. The van der Waals surface area contributed by atoms with E-state index in [4.69, 9.17) is 14.0 Å². The molecule has 1 fully saturated rings. The molecule has 0 radical (unpaired) electrons. The minimum atomic E-state index is -0.352. The molecule has 1 aliphatic rings. The minimum Gasteiger partial charge on any atom is -0.466 e. The SMILES string of the molecule is CCCCC[C@H](CC(=O)OCC)B1OC(C)(C)C(C)(C)O1. The molecule has 122 valence electrons. The van der Waals surface area contributed by atoms with Crippen LogP contribution in [0.4, 0.5) is 0 Å². The molecule has 4 nitrogen and oxygen atoms in total. The van der Waals surface area contributed by atoms with Crippen LogP contribution in [0.15, 0.2) is 0 Å². The first-order valence-electron chi connectivity index (χ1n) is 8.24. The summed E-state index contributed by atoms with van der Waals surface area (Å²) < 4.78 is 17.3. The van der Waals surface area contributed by atoms with Crippen molar-refractivity contribution in [2.24, 2.45) is 0 Å². The average molecular weight is 298 g/mol. The second-order valence-corrected chi connectivity index (χ2v) is 6.89. The molecule has 0 amide bonds. The normalized spacial score (nSPS) is 21.3. The van der Waals surface area contributed by atoms with Crippen molar-refractivity contribution >= 4 is 13.1 Å². The Kier molecular flexibility index (Phi) is 6.73. The largest absolute Gasteiger partial charge is 0.466 e. The van der Waals surface area contributed by atoms with Crippen LogP contribution in [-0.4, -0.2) is 30.9 Å². The molecule has 0 aromatic heterocycles. The third kappa shape index (κ3) is 4.99. The first kappa shape index (κ1) is 18.5. The summed E-state index contributed by atoms with van der Waals surface area (Å²) in [5.74, 6) is -0.0923. The maximum absolute atomic E-state index is 11.8. The van der Waals surface area contributed by atoms with Crippen molar-refractivity contribution in [3.63, 3.8) is 0 Å². The molecular weight excluding hydrogens is 267 g/mol. The van der Waals surface area contributed by atoms with Crippen molar-refractivity contribution in [2.45, 2.75) is 90.7 Å². The molecule has 0 saturated carbocycles. The zero-order chi connectivity index (χ0) is 16.1. The molecule has 0 bridgehead atoms. The van der Waals surface area contributed by atoms with Crippen LogP contribution < -0.4 is 0 Å². The fraction of sp³-hybridized carbons (Fsp3) is 0.938. The minimum absolute atomic E-state index is 0.0663. The number of unbranched alkanes of at least 4 members (excludes halogenated alkanes) is 2. The van der Waals surface area contributed by atoms with Crippen LogP contribution in [0.5, 0.6) is 0 Å². The van der Waals surface area contributed by atoms with Crippen molar-refractivity contribution in [1.82, 2.24) is 0 Å². The third-order valence-electron chi connectivity index (χ3n) is 4.57. The van der Waals surface area contributed by atoms with Crippen molar-refractivity contribution in [1.29, 1.82) is 0 Å². The van der Waals surface area contributed by atoms with E-state index in [0.717, 1.165) is 19.3 Å². The van der Waals surface area contributed by atoms with E-state index < -0.39 is 0 Å². The van der Waals surface area contributed by atoms with Crippen LogP contribution in [0.1, 0.15) is 73.6 Å². The molecule has 0 N–H and O–H groups in total. The fourth-order valence-corrected chi connectivity index (χ4v) is 2.51. The van der Waals surface area contributed by atoms with Gasteiger partial charge in [0.25, 0.3) is 0 Å². The Bertz CT molecular complexity index is 325. The number of rotatable bonds is 8. The Morgan fingerprint density at radius 1 is 1.10 bits per heavy atom. The van der Waals surface area contributed by atoms with Gasteiger partial charge in [-0.1, -0.05) is 32.6 Å². The lowest BCUT2D eigenvalue weighted by Gasteiger charge is -2.32. The van der Waals surface area contributed by atoms with Gasteiger partial charge in [-0.15, -0.1) is 0 Å². The maximum Gasteiger partial charge on any atom is 0.461 e. The number of esters is 1. The van der Waals surface area contributed by atoms with E-state index in [1.165, 1.54) is 6.42 Å². The molecule has 1 rings (SSSR count). The molecule has 0 aromatic rings. The topological polar surface area (TPSA) is 44.8 Å². The van der Waals surface area contributed by atoms with E-state index in [1.54, 1.807) is 0 Å². The molecule has 0 aliphatic carbocycles. The number of hydrogen-bond acceptors (Lipinski definition) is 4. The predicted molar refractivity (Wildman–Crippen MR) is 85.2 cm³/mol. The number of carbonyl (C=O) groups excluding carboxylic acids is 1. The zero-order valence-electron chi connectivity index (χ0n) is 14.5. The summed E-state index contributed by atoms with van der Waals surface area (Å²) in [6, 6.07) is 0. The van der Waals surface area contributed by atoms with Gasteiger partial charge in [-0.3, -0.25) is 4.79 Å². The molecule has 0 unspecified atom stereocenters. The van der Waals surface area contributed by atoms with Crippen molar-refractivity contribution in [3.8, 4) is 0 Å². The lowest BCUT2D eigenvalue weighted by molar-refractivity contribution is -0.143. The van der Waals surface area contributed by atoms with Gasteiger partial charge in [-0.2, -0.15) is 0 Å². The fourth-order valence-electron chi connectivity index (χ4n) is 2.51. The van der Waals surface area contributed by atoms with Gasteiger partial charge >= 0.3 is 13.1 Å². The Labute approximate surface area is 130 Å². The quantitative estimate of drug-likeness (QED) is 0.386. The maximum atomic E-state index is 11.8. The van der Waals surface area contributed by atoms with Crippen molar-refractivity contribution in [2.75, 3.05) is 6.61 Å². The van der Waals surface area contributed by atoms with E-state index in [1.807, 2.05) is 34.6 Å². The molecule has 21 heavy (non-hydrogen) atoms. The Morgan fingerprint density at radius 2 is 1.67 bits per heavy atom. The number of hydrogen-bond donors (Lipinski definition) is 0. The Morgan fingerprint density at radius 3 is 2.14 bits per heavy atom. The second kappa shape index (κ2) is 7.64. The molecular formula is C16H31BO4. The standard InChI is InChI=1S/C16H31BO4/c1-7-9-10-11-13(12-14(18)19-8-2)17-20-15(3,4)16(5,6)21-17/h13H,7-12H2,1-6H3/t13-/m1/s1. The van der Waals surface area contributed by atoms with Crippen molar-refractivity contribution in [3.05, 3.63) is 0 Å². The van der Waals surface area contributed by atoms with E-state index in [9.17, 15) is 4.79 Å². The highest BCUT2D eigenvalue weighted by atomic mass is 16.7. The van der Waals surface area contributed by atoms with Crippen LogP contribution in [0.3, 0.4) is 0 Å². The Balaban J connectivity index is 2.70. The zero-order valence-corrected chi connectivity index (χ0v) is 14.5. The van der Waals surface area contributed by atoms with Crippen molar-refractivity contribution < 1.29 is 18.8 Å². The van der Waals surface area contributed by atoms with Gasteiger partial charge in [0, 0.05) is 12.2 Å². The van der Waals surface area contributed by atoms with E-state index >= 15 is 0 Å². The summed E-state index contributed by atoms with van der Waals surface area (Å²) in [6.45, 7) is 12.6. The molecule has 1 saturated heterocycles. The molecule has 1 aliphatic heterocycles. The highest BCUT2D eigenvalue weighted by Gasteiger charge is 2.53. The van der Waals surface area contributed by atoms with E-state index in [-0.39, 0.29) is 30.1 Å². The van der Waals surface area contributed by atoms with Crippen LogP contribution in [-0.2, 0) is 18.8 Å². The highest BCUT2D eigenvalue weighted by molar-refractivity contribution is 6.47. The first-order chi connectivity index (χ1) is 9.73. The summed E-state index contributed by atoms with van der Waals surface area (Å²) >= 11 is 0. The highest BCUT2D eigenvalue weighted by Crippen LogP contribution is 2.42.